The van der Waals surface area contributed by atoms with Gasteiger partial charge < -0.3 is 0 Å². The Morgan fingerprint density at radius 3 is 2.61 bits per heavy atom. The van der Waals surface area contributed by atoms with Crippen LogP contribution in [0.15, 0.2) is 12.2 Å². The molecule has 2 aliphatic carbocycles. The Kier molecular flexibility index (Phi) is 5.46. The summed E-state index contributed by atoms with van der Waals surface area (Å²) in [4.78, 5) is 11.9. The highest BCUT2D eigenvalue weighted by Gasteiger charge is 2.30. The van der Waals surface area contributed by atoms with E-state index in [2.05, 4.69) is 19.1 Å². The van der Waals surface area contributed by atoms with Crippen LogP contribution in [0.3, 0.4) is 0 Å². The summed E-state index contributed by atoms with van der Waals surface area (Å²) in [6.45, 7) is 2.28. The van der Waals surface area contributed by atoms with Crippen LogP contribution < -0.4 is 0 Å². The minimum Gasteiger partial charge on any atom is -0.299 e. The lowest BCUT2D eigenvalue weighted by Crippen LogP contribution is -2.27. The molecular weight excluding hydrogens is 220 g/mol. The predicted octanol–water partition coefficient (Wildman–Crippen LogP) is 4.91. The maximum absolute atomic E-state index is 11.9. The van der Waals surface area contributed by atoms with Crippen LogP contribution in [0.25, 0.3) is 0 Å². The van der Waals surface area contributed by atoms with Gasteiger partial charge in [0.15, 0.2) is 0 Å². The van der Waals surface area contributed by atoms with Gasteiger partial charge in [-0.05, 0) is 31.1 Å². The molecule has 102 valence electrons. The molecule has 1 saturated carbocycles. The Hall–Kier alpha value is -0.590. The highest BCUT2D eigenvalue weighted by molar-refractivity contribution is 5.84. The standard InChI is InChI=1S/C17H28O/c1-2-3-4-7-14-10-12-15(13-11-14)16-8-5-6-9-17(16)18/h5,8,14-16H,2-4,6-7,9-13H2,1H3. The summed E-state index contributed by atoms with van der Waals surface area (Å²) >= 11 is 0. The zero-order valence-corrected chi connectivity index (χ0v) is 11.9. The Labute approximate surface area is 112 Å². The molecule has 2 aliphatic rings. The fourth-order valence-electron chi connectivity index (χ4n) is 3.68. The monoisotopic (exact) mass is 248 g/mol. The number of carbonyl (C=O) groups is 1. The third-order valence-corrected chi connectivity index (χ3v) is 4.89. The minimum atomic E-state index is 0.273. The molecule has 1 atom stereocenters. The number of Topliss-reactive ketones (excluding diaryl/α,β-unsaturated/α-hetero) is 1. The van der Waals surface area contributed by atoms with Gasteiger partial charge in [0.1, 0.15) is 5.78 Å². The Bertz CT molecular complexity index is 284. The molecule has 0 N–H and O–H groups in total. The lowest BCUT2D eigenvalue weighted by atomic mass is 9.72. The van der Waals surface area contributed by atoms with Crippen molar-refractivity contribution in [1.82, 2.24) is 0 Å². The number of carbonyl (C=O) groups excluding carboxylic acids is 1. The van der Waals surface area contributed by atoms with Crippen molar-refractivity contribution in [2.75, 3.05) is 0 Å². The van der Waals surface area contributed by atoms with Gasteiger partial charge in [-0.3, -0.25) is 4.79 Å². The van der Waals surface area contributed by atoms with Crippen molar-refractivity contribution in [2.24, 2.45) is 17.8 Å². The second-order valence-corrected chi connectivity index (χ2v) is 6.24. The highest BCUT2D eigenvalue weighted by Crippen LogP contribution is 2.38. The molecule has 2 rings (SSSR count). The summed E-state index contributed by atoms with van der Waals surface area (Å²) in [5.74, 6) is 2.40. The van der Waals surface area contributed by atoms with E-state index in [1.165, 1.54) is 51.4 Å². The molecular formula is C17H28O. The number of unbranched alkanes of at least 4 members (excludes halogenated alkanes) is 2. The quantitative estimate of drug-likeness (QED) is 0.499. The van der Waals surface area contributed by atoms with Crippen molar-refractivity contribution in [1.29, 1.82) is 0 Å². The van der Waals surface area contributed by atoms with E-state index in [0.29, 0.717) is 11.7 Å². The lowest BCUT2D eigenvalue weighted by Gasteiger charge is -2.33. The van der Waals surface area contributed by atoms with Crippen molar-refractivity contribution in [2.45, 2.75) is 71.1 Å². The van der Waals surface area contributed by atoms with Crippen LogP contribution in [0, 0.1) is 17.8 Å². The molecule has 0 amide bonds. The molecule has 18 heavy (non-hydrogen) atoms. The molecule has 0 bridgehead atoms. The van der Waals surface area contributed by atoms with E-state index in [-0.39, 0.29) is 5.92 Å². The number of ketones is 1. The fraction of sp³-hybridized carbons (Fsp3) is 0.824. The van der Waals surface area contributed by atoms with Crippen molar-refractivity contribution in [3.05, 3.63) is 12.2 Å². The highest BCUT2D eigenvalue weighted by atomic mass is 16.1. The molecule has 0 aromatic heterocycles. The van der Waals surface area contributed by atoms with Gasteiger partial charge in [0.25, 0.3) is 0 Å². The normalized spacial score (nSPS) is 32.7. The van der Waals surface area contributed by atoms with Crippen molar-refractivity contribution in [3.8, 4) is 0 Å². The van der Waals surface area contributed by atoms with Gasteiger partial charge in [-0.25, -0.2) is 0 Å². The second kappa shape index (κ2) is 7.11. The summed E-state index contributed by atoms with van der Waals surface area (Å²) in [5, 5.41) is 0. The maximum Gasteiger partial charge on any atom is 0.140 e. The predicted molar refractivity (Wildman–Crippen MR) is 76.5 cm³/mol. The molecule has 0 radical (unpaired) electrons. The smallest absolute Gasteiger partial charge is 0.140 e. The summed E-state index contributed by atoms with van der Waals surface area (Å²) in [5.41, 5.74) is 0. The van der Waals surface area contributed by atoms with E-state index in [1.54, 1.807) is 0 Å². The van der Waals surface area contributed by atoms with Gasteiger partial charge >= 0.3 is 0 Å². The van der Waals surface area contributed by atoms with Crippen LogP contribution in [0.5, 0.6) is 0 Å². The Morgan fingerprint density at radius 1 is 1.17 bits per heavy atom. The number of allylic oxidation sites excluding steroid dienone is 2. The van der Waals surface area contributed by atoms with Crippen molar-refractivity contribution >= 4 is 5.78 Å². The van der Waals surface area contributed by atoms with Crippen LogP contribution in [0.4, 0.5) is 0 Å². The average Bonchev–Trinajstić information content (AvgIpc) is 2.41. The molecule has 1 heteroatoms. The van der Waals surface area contributed by atoms with E-state index in [9.17, 15) is 4.79 Å². The molecule has 1 nitrogen and oxygen atoms in total. The molecule has 1 fully saturated rings. The molecule has 0 heterocycles. The van der Waals surface area contributed by atoms with Crippen molar-refractivity contribution in [3.63, 3.8) is 0 Å². The third kappa shape index (κ3) is 3.70. The van der Waals surface area contributed by atoms with E-state index >= 15 is 0 Å². The lowest BCUT2D eigenvalue weighted by molar-refractivity contribution is -0.123. The minimum absolute atomic E-state index is 0.273. The summed E-state index contributed by atoms with van der Waals surface area (Å²) in [6.07, 6.45) is 17.1. The van der Waals surface area contributed by atoms with Gasteiger partial charge in [0.05, 0.1) is 0 Å². The van der Waals surface area contributed by atoms with Crippen LogP contribution in [0.1, 0.15) is 71.1 Å². The number of hydrogen-bond acceptors (Lipinski definition) is 1. The first kappa shape index (κ1) is 13.8. The summed E-state index contributed by atoms with van der Waals surface area (Å²) in [6, 6.07) is 0. The Balaban J connectivity index is 1.74. The number of rotatable bonds is 5. The topological polar surface area (TPSA) is 17.1 Å². The van der Waals surface area contributed by atoms with E-state index in [1.807, 2.05) is 0 Å². The maximum atomic E-state index is 11.9. The largest absolute Gasteiger partial charge is 0.299 e. The molecule has 0 aromatic carbocycles. The first-order valence-corrected chi connectivity index (χ1v) is 8.00. The van der Waals surface area contributed by atoms with Crippen LogP contribution in [0.2, 0.25) is 0 Å². The molecule has 0 spiro atoms. The SMILES string of the molecule is CCCCCC1CCC(C2C=CCCC2=O)CC1. The molecule has 0 aromatic rings. The van der Waals surface area contributed by atoms with Crippen LogP contribution in [-0.4, -0.2) is 5.78 Å². The van der Waals surface area contributed by atoms with Gasteiger partial charge in [-0.2, -0.15) is 0 Å². The van der Waals surface area contributed by atoms with Crippen LogP contribution >= 0.6 is 0 Å². The van der Waals surface area contributed by atoms with Crippen LogP contribution in [-0.2, 0) is 4.79 Å². The Morgan fingerprint density at radius 2 is 1.94 bits per heavy atom. The van der Waals surface area contributed by atoms with Gasteiger partial charge in [-0.15, -0.1) is 0 Å². The summed E-state index contributed by atoms with van der Waals surface area (Å²) < 4.78 is 0. The zero-order valence-electron chi connectivity index (χ0n) is 11.9. The summed E-state index contributed by atoms with van der Waals surface area (Å²) in [7, 11) is 0. The molecule has 0 aliphatic heterocycles. The van der Waals surface area contributed by atoms with Gasteiger partial charge in [-0.1, -0.05) is 57.6 Å². The molecule has 0 saturated heterocycles. The first-order valence-electron chi connectivity index (χ1n) is 8.00. The first-order chi connectivity index (χ1) is 8.81. The fourth-order valence-corrected chi connectivity index (χ4v) is 3.68. The van der Waals surface area contributed by atoms with E-state index < -0.39 is 0 Å². The molecule has 1 unspecified atom stereocenters. The average molecular weight is 248 g/mol. The van der Waals surface area contributed by atoms with Crippen molar-refractivity contribution < 1.29 is 4.79 Å². The van der Waals surface area contributed by atoms with Gasteiger partial charge in [0, 0.05) is 12.3 Å². The van der Waals surface area contributed by atoms with Gasteiger partial charge in [0.2, 0.25) is 0 Å². The van der Waals surface area contributed by atoms with E-state index in [0.717, 1.165) is 18.8 Å². The number of hydrogen-bond donors (Lipinski definition) is 0. The third-order valence-electron chi connectivity index (χ3n) is 4.89. The second-order valence-electron chi connectivity index (χ2n) is 6.24. The zero-order chi connectivity index (χ0) is 12.8. The van der Waals surface area contributed by atoms with E-state index in [4.69, 9.17) is 0 Å².